The number of nitrogens with zero attached hydrogens (tertiary/aromatic N) is 6. The number of alkyl halides is 3. The number of carboxylic acid groups (broad SMARTS) is 1. The quantitative estimate of drug-likeness (QED) is 0.377. The van der Waals surface area contributed by atoms with Gasteiger partial charge in [-0.25, -0.2) is 14.3 Å². The van der Waals surface area contributed by atoms with Gasteiger partial charge in [0.2, 0.25) is 0 Å². The van der Waals surface area contributed by atoms with Gasteiger partial charge in [-0.2, -0.15) is 23.4 Å². The molecule has 0 saturated heterocycles. The number of hydrogen-bond donors (Lipinski definition) is 4. The molecule has 0 spiro atoms. The molecule has 38 heavy (non-hydrogen) atoms. The lowest BCUT2D eigenvalue weighted by atomic mass is 9.91. The largest absolute Gasteiger partial charge is 0.490 e. The summed E-state index contributed by atoms with van der Waals surface area (Å²) < 4.78 is 34.8. The van der Waals surface area contributed by atoms with Crippen molar-refractivity contribution in [3.8, 4) is 0 Å². The Kier molecular flexibility index (Phi) is 8.55. The standard InChI is InChI=1S/C20H27N9O2.C2HF3O2/c1-27(2)20(31)17-15(11-28(3)26-17)24-19(30)12-10-22-29-9-8-16(25-18(12)29)23-14-7-5-4-6-13(14)21;3-2(4,5)1(6)7/h8-11,13-14H,4-7,21H2,1-3H3,(H,23,25)(H,24,30);(H,6,7)/t13-,14+;/m0./s1. The maximum atomic E-state index is 13.0. The highest BCUT2D eigenvalue weighted by Gasteiger charge is 2.38. The first-order valence-corrected chi connectivity index (χ1v) is 11.5. The number of carbonyl (C=O) groups excluding carboxylic acids is 2. The lowest BCUT2D eigenvalue weighted by Crippen LogP contribution is -2.42. The minimum Gasteiger partial charge on any atom is -0.475 e. The Hall–Kier alpha value is -4.21. The number of aliphatic carboxylic acids is 1. The average Bonchev–Trinajstić information content (AvgIpc) is 3.42. The van der Waals surface area contributed by atoms with Crippen molar-refractivity contribution in [3.63, 3.8) is 0 Å². The lowest BCUT2D eigenvalue weighted by molar-refractivity contribution is -0.192. The summed E-state index contributed by atoms with van der Waals surface area (Å²) in [7, 11) is 4.95. The molecule has 2 amide bonds. The normalized spacial score (nSPS) is 17.3. The van der Waals surface area contributed by atoms with Crippen LogP contribution in [0.3, 0.4) is 0 Å². The van der Waals surface area contributed by atoms with Gasteiger partial charge < -0.3 is 26.4 Å². The van der Waals surface area contributed by atoms with Crippen LogP contribution in [0.1, 0.15) is 46.5 Å². The minimum absolute atomic E-state index is 0.0812. The smallest absolute Gasteiger partial charge is 0.475 e. The van der Waals surface area contributed by atoms with Crippen molar-refractivity contribution in [1.29, 1.82) is 0 Å². The number of fused-ring (bicyclic) bond motifs is 1. The molecule has 3 aromatic rings. The zero-order valence-electron chi connectivity index (χ0n) is 20.9. The topological polar surface area (TPSA) is 173 Å². The molecule has 3 heterocycles. The first-order chi connectivity index (χ1) is 17.8. The van der Waals surface area contributed by atoms with E-state index in [1.165, 1.54) is 20.3 Å². The Morgan fingerprint density at radius 1 is 1.21 bits per heavy atom. The van der Waals surface area contributed by atoms with E-state index in [1.807, 2.05) is 6.07 Å². The predicted molar refractivity (Wildman–Crippen MR) is 130 cm³/mol. The van der Waals surface area contributed by atoms with E-state index in [-0.39, 0.29) is 23.7 Å². The fraction of sp³-hybridized carbons (Fsp3) is 0.455. The lowest BCUT2D eigenvalue weighted by Gasteiger charge is -2.29. The van der Waals surface area contributed by atoms with Crippen molar-refractivity contribution in [2.75, 3.05) is 24.7 Å². The van der Waals surface area contributed by atoms with Gasteiger partial charge in [0.25, 0.3) is 11.8 Å². The first kappa shape index (κ1) is 28.4. The van der Waals surface area contributed by atoms with Gasteiger partial charge >= 0.3 is 12.1 Å². The van der Waals surface area contributed by atoms with Crippen LogP contribution in [0.15, 0.2) is 24.7 Å². The van der Waals surface area contributed by atoms with Crippen LogP contribution in [0.25, 0.3) is 5.65 Å². The molecule has 0 unspecified atom stereocenters. The van der Waals surface area contributed by atoms with E-state index in [0.29, 0.717) is 22.7 Å². The summed E-state index contributed by atoms with van der Waals surface area (Å²) >= 11 is 0. The van der Waals surface area contributed by atoms with Crippen LogP contribution >= 0.6 is 0 Å². The van der Waals surface area contributed by atoms with Crippen molar-refractivity contribution in [1.82, 2.24) is 29.3 Å². The molecule has 2 atom stereocenters. The van der Waals surface area contributed by atoms with Crippen LogP contribution < -0.4 is 16.4 Å². The second-order valence-corrected chi connectivity index (χ2v) is 8.86. The number of carboxylic acids is 1. The number of aromatic nitrogens is 5. The highest BCUT2D eigenvalue weighted by Crippen LogP contribution is 2.22. The molecule has 5 N–H and O–H groups in total. The number of carbonyl (C=O) groups is 3. The zero-order chi connectivity index (χ0) is 28.2. The van der Waals surface area contributed by atoms with E-state index in [4.69, 9.17) is 15.6 Å². The third kappa shape index (κ3) is 6.76. The number of nitrogens with two attached hydrogens (primary N) is 1. The Balaban J connectivity index is 0.000000505. The number of nitrogens with one attached hydrogen (secondary N) is 2. The molecule has 0 aromatic carbocycles. The monoisotopic (exact) mass is 539 g/mol. The molecule has 4 rings (SSSR count). The van der Waals surface area contributed by atoms with Gasteiger partial charge in [0, 0.05) is 45.6 Å². The van der Waals surface area contributed by atoms with Crippen molar-refractivity contribution < 1.29 is 32.7 Å². The molecule has 0 aliphatic heterocycles. The van der Waals surface area contributed by atoms with Crippen molar-refractivity contribution >= 4 is 34.9 Å². The third-order valence-electron chi connectivity index (χ3n) is 5.69. The summed E-state index contributed by atoms with van der Waals surface area (Å²) in [5.74, 6) is -2.83. The van der Waals surface area contributed by atoms with Gasteiger partial charge in [-0.1, -0.05) is 12.8 Å². The SMILES string of the molecule is CN(C)C(=O)c1nn(C)cc1NC(=O)c1cnn2ccc(N[C@@H]3CCCC[C@@H]3N)nc12.O=C(O)C(F)(F)F. The number of amides is 2. The molecule has 13 nitrogen and oxygen atoms in total. The molecule has 206 valence electrons. The van der Waals surface area contributed by atoms with Gasteiger partial charge in [0.1, 0.15) is 11.4 Å². The molecule has 16 heteroatoms. The van der Waals surface area contributed by atoms with Gasteiger partial charge in [0.15, 0.2) is 11.3 Å². The van der Waals surface area contributed by atoms with E-state index in [1.54, 1.807) is 33.5 Å². The predicted octanol–water partition coefficient (Wildman–Crippen LogP) is 1.73. The van der Waals surface area contributed by atoms with E-state index in [2.05, 4.69) is 25.8 Å². The van der Waals surface area contributed by atoms with Gasteiger partial charge in [0.05, 0.1) is 11.9 Å². The average molecular weight is 540 g/mol. The Bertz CT molecular complexity index is 1320. The summed E-state index contributed by atoms with van der Waals surface area (Å²) in [6.45, 7) is 0. The molecule has 1 aliphatic rings. The second kappa shape index (κ2) is 11.5. The fourth-order valence-corrected chi connectivity index (χ4v) is 3.78. The van der Waals surface area contributed by atoms with Crippen LogP contribution in [-0.4, -0.2) is 84.5 Å². The molecule has 3 aromatic heterocycles. The van der Waals surface area contributed by atoms with Crippen LogP contribution in [0.2, 0.25) is 0 Å². The maximum Gasteiger partial charge on any atom is 0.490 e. The van der Waals surface area contributed by atoms with Crippen LogP contribution in [0, 0.1) is 0 Å². The van der Waals surface area contributed by atoms with E-state index in [9.17, 15) is 22.8 Å². The summed E-state index contributed by atoms with van der Waals surface area (Å²) in [5, 5.41) is 21.7. The molecule has 0 radical (unpaired) electrons. The highest BCUT2D eigenvalue weighted by molar-refractivity contribution is 6.10. The van der Waals surface area contributed by atoms with Crippen LogP contribution in [0.5, 0.6) is 0 Å². The Morgan fingerprint density at radius 3 is 2.47 bits per heavy atom. The third-order valence-corrected chi connectivity index (χ3v) is 5.69. The first-order valence-electron chi connectivity index (χ1n) is 11.5. The molecule has 1 aliphatic carbocycles. The number of aryl methyl sites for hydroxylation is 1. The van der Waals surface area contributed by atoms with Crippen LogP contribution in [-0.2, 0) is 11.8 Å². The van der Waals surface area contributed by atoms with Gasteiger partial charge in [-0.05, 0) is 18.9 Å². The summed E-state index contributed by atoms with van der Waals surface area (Å²) in [6, 6.07) is 2.05. The maximum absolute atomic E-state index is 13.0. The summed E-state index contributed by atoms with van der Waals surface area (Å²) in [4.78, 5) is 40.3. The Labute approximate surface area is 214 Å². The zero-order valence-corrected chi connectivity index (χ0v) is 20.9. The fourth-order valence-electron chi connectivity index (χ4n) is 3.78. The molecule has 0 bridgehead atoms. The second-order valence-electron chi connectivity index (χ2n) is 8.86. The van der Waals surface area contributed by atoms with E-state index >= 15 is 0 Å². The number of halogens is 3. The van der Waals surface area contributed by atoms with Gasteiger partial charge in [-0.15, -0.1) is 0 Å². The summed E-state index contributed by atoms with van der Waals surface area (Å²) in [5.41, 5.74) is 7.44. The van der Waals surface area contributed by atoms with E-state index in [0.717, 1.165) is 25.7 Å². The number of anilines is 2. The van der Waals surface area contributed by atoms with Crippen molar-refractivity contribution in [2.45, 2.75) is 43.9 Å². The van der Waals surface area contributed by atoms with E-state index < -0.39 is 18.1 Å². The molecule has 1 fully saturated rings. The number of hydrogen-bond acceptors (Lipinski definition) is 8. The number of rotatable bonds is 5. The Morgan fingerprint density at radius 2 is 1.87 bits per heavy atom. The molecular formula is C22H28F3N9O4. The van der Waals surface area contributed by atoms with Gasteiger partial charge in [-0.3, -0.25) is 14.3 Å². The van der Waals surface area contributed by atoms with Crippen molar-refractivity contribution in [2.24, 2.45) is 12.8 Å². The highest BCUT2D eigenvalue weighted by atomic mass is 19.4. The summed E-state index contributed by atoms with van der Waals surface area (Å²) in [6.07, 6.45) is 3.96. The van der Waals surface area contributed by atoms with Crippen molar-refractivity contribution in [3.05, 3.63) is 35.9 Å². The van der Waals surface area contributed by atoms with Crippen LogP contribution in [0.4, 0.5) is 24.7 Å². The minimum atomic E-state index is -5.08. The molecule has 1 saturated carbocycles. The molecular weight excluding hydrogens is 511 g/mol.